The van der Waals surface area contributed by atoms with Gasteiger partial charge in [0, 0.05) is 13.1 Å². The summed E-state index contributed by atoms with van der Waals surface area (Å²) >= 11 is 0. The number of carbonyl (C=O) groups is 1. The molecule has 0 spiro atoms. The standard InChI is InChI=1S/C18H23FN2O/c19-16-5-3-4-15(12-16)18(8-1-2-9-18)17(22)21-13-14-6-10-20-11-7-14/h3-6,12,20H,1-2,7-11,13H2,(H,21,22). The number of hydrogen-bond acceptors (Lipinski definition) is 2. The Balaban J connectivity index is 1.75. The Hall–Kier alpha value is -1.68. The first-order valence-electron chi connectivity index (χ1n) is 8.14. The summed E-state index contributed by atoms with van der Waals surface area (Å²) in [6.07, 6.45) is 6.79. The third kappa shape index (κ3) is 3.07. The Labute approximate surface area is 131 Å². The van der Waals surface area contributed by atoms with Gasteiger partial charge in [-0.15, -0.1) is 0 Å². The van der Waals surface area contributed by atoms with Crippen molar-refractivity contribution in [3.05, 3.63) is 47.3 Å². The van der Waals surface area contributed by atoms with Crippen molar-refractivity contribution in [3.63, 3.8) is 0 Å². The van der Waals surface area contributed by atoms with Gasteiger partial charge in [0.1, 0.15) is 5.82 Å². The molecule has 1 heterocycles. The lowest BCUT2D eigenvalue weighted by atomic mass is 9.78. The van der Waals surface area contributed by atoms with Crippen molar-refractivity contribution in [2.45, 2.75) is 37.5 Å². The normalized spacial score (nSPS) is 20.5. The Morgan fingerprint density at radius 1 is 1.32 bits per heavy atom. The predicted octanol–water partition coefficient (Wildman–Crippen LogP) is 2.67. The quantitative estimate of drug-likeness (QED) is 0.840. The molecule has 1 aliphatic carbocycles. The van der Waals surface area contributed by atoms with E-state index in [4.69, 9.17) is 0 Å². The topological polar surface area (TPSA) is 41.1 Å². The van der Waals surface area contributed by atoms with E-state index >= 15 is 0 Å². The van der Waals surface area contributed by atoms with E-state index in [9.17, 15) is 9.18 Å². The van der Waals surface area contributed by atoms with Crippen LogP contribution in [0.25, 0.3) is 0 Å². The van der Waals surface area contributed by atoms with Gasteiger partial charge in [0.15, 0.2) is 0 Å². The molecule has 1 saturated carbocycles. The maximum Gasteiger partial charge on any atom is 0.230 e. The minimum absolute atomic E-state index is 0.0510. The fourth-order valence-corrected chi connectivity index (χ4v) is 3.60. The van der Waals surface area contributed by atoms with Crippen molar-refractivity contribution in [3.8, 4) is 0 Å². The minimum Gasteiger partial charge on any atom is -0.352 e. The molecule has 1 aromatic rings. The van der Waals surface area contributed by atoms with Crippen LogP contribution in [0.15, 0.2) is 35.9 Å². The Kier molecular flexibility index (Phi) is 4.57. The van der Waals surface area contributed by atoms with Gasteiger partial charge in [0.2, 0.25) is 5.91 Å². The molecule has 22 heavy (non-hydrogen) atoms. The first-order chi connectivity index (χ1) is 10.7. The van der Waals surface area contributed by atoms with Crippen molar-refractivity contribution in [1.29, 1.82) is 0 Å². The van der Waals surface area contributed by atoms with Gasteiger partial charge in [-0.1, -0.05) is 36.6 Å². The average Bonchev–Trinajstić information content (AvgIpc) is 3.05. The van der Waals surface area contributed by atoms with Crippen LogP contribution < -0.4 is 10.6 Å². The van der Waals surface area contributed by atoms with Crippen LogP contribution in [-0.4, -0.2) is 25.5 Å². The van der Waals surface area contributed by atoms with Gasteiger partial charge < -0.3 is 10.6 Å². The Bertz CT molecular complexity index is 576. The second-order valence-corrected chi connectivity index (χ2v) is 6.30. The lowest BCUT2D eigenvalue weighted by Crippen LogP contribution is -2.43. The molecule has 4 heteroatoms. The van der Waals surface area contributed by atoms with Crippen molar-refractivity contribution >= 4 is 5.91 Å². The highest BCUT2D eigenvalue weighted by Crippen LogP contribution is 2.41. The molecule has 118 valence electrons. The molecule has 0 aromatic heterocycles. The number of halogens is 1. The smallest absolute Gasteiger partial charge is 0.230 e. The van der Waals surface area contributed by atoms with Gasteiger partial charge in [-0.25, -0.2) is 4.39 Å². The monoisotopic (exact) mass is 302 g/mol. The van der Waals surface area contributed by atoms with E-state index < -0.39 is 5.41 Å². The van der Waals surface area contributed by atoms with Crippen molar-refractivity contribution in [2.24, 2.45) is 0 Å². The summed E-state index contributed by atoms with van der Waals surface area (Å²) < 4.78 is 13.6. The molecule has 1 aliphatic heterocycles. The minimum atomic E-state index is -0.546. The summed E-state index contributed by atoms with van der Waals surface area (Å²) in [4.78, 5) is 12.8. The highest BCUT2D eigenvalue weighted by Gasteiger charge is 2.42. The molecule has 0 radical (unpaired) electrons. The van der Waals surface area contributed by atoms with E-state index in [1.165, 1.54) is 17.7 Å². The van der Waals surface area contributed by atoms with Crippen molar-refractivity contribution < 1.29 is 9.18 Å². The summed E-state index contributed by atoms with van der Waals surface area (Å²) in [6, 6.07) is 6.55. The number of hydrogen-bond donors (Lipinski definition) is 2. The maximum absolute atomic E-state index is 13.6. The molecule has 1 amide bonds. The van der Waals surface area contributed by atoms with Gasteiger partial charge in [0.25, 0.3) is 0 Å². The van der Waals surface area contributed by atoms with E-state index in [2.05, 4.69) is 16.7 Å². The summed E-state index contributed by atoms with van der Waals surface area (Å²) in [5.74, 6) is -0.215. The zero-order chi connectivity index (χ0) is 15.4. The molecule has 1 aromatic carbocycles. The molecule has 2 aliphatic rings. The second-order valence-electron chi connectivity index (χ2n) is 6.30. The van der Waals surface area contributed by atoms with Crippen LogP contribution in [0.3, 0.4) is 0 Å². The lowest BCUT2D eigenvalue weighted by Gasteiger charge is -2.29. The van der Waals surface area contributed by atoms with Gasteiger partial charge in [0.05, 0.1) is 5.41 Å². The summed E-state index contributed by atoms with van der Waals surface area (Å²) in [7, 11) is 0. The van der Waals surface area contributed by atoms with Crippen LogP contribution in [0.2, 0.25) is 0 Å². The van der Waals surface area contributed by atoms with E-state index in [0.717, 1.165) is 50.8 Å². The summed E-state index contributed by atoms with van der Waals surface area (Å²) in [5, 5.41) is 6.36. The van der Waals surface area contributed by atoms with Crippen LogP contribution in [0.1, 0.15) is 37.7 Å². The fourth-order valence-electron chi connectivity index (χ4n) is 3.60. The molecule has 3 nitrogen and oxygen atoms in total. The highest BCUT2D eigenvalue weighted by molar-refractivity contribution is 5.88. The first-order valence-corrected chi connectivity index (χ1v) is 8.14. The summed E-state index contributed by atoms with van der Waals surface area (Å²) in [6.45, 7) is 2.45. The molecular formula is C18H23FN2O. The number of rotatable bonds is 4. The predicted molar refractivity (Wildman–Crippen MR) is 85.1 cm³/mol. The third-order valence-corrected chi connectivity index (χ3v) is 4.90. The Morgan fingerprint density at radius 2 is 2.14 bits per heavy atom. The van der Waals surface area contributed by atoms with Crippen LogP contribution >= 0.6 is 0 Å². The van der Waals surface area contributed by atoms with E-state index in [-0.39, 0.29) is 11.7 Å². The van der Waals surface area contributed by atoms with Crippen LogP contribution in [-0.2, 0) is 10.2 Å². The third-order valence-electron chi connectivity index (χ3n) is 4.90. The SMILES string of the molecule is O=C(NCC1=CCNCC1)C1(c2cccc(F)c2)CCCC1. The zero-order valence-electron chi connectivity index (χ0n) is 12.8. The molecule has 0 saturated heterocycles. The lowest BCUT2D eigenvalue weighted by molar-refractivity contribution is -0.126. The van der Waals surface area contributed by atoms with Gasteiger partial charge >= 0.3 is 0 Å². The second kappa shape index (κ2) is 6.61. The van der Waals surface area contributed by atoms with Gasteiger partial charge in [-0.05, 0) is 43.5 Å². The molecule has 0 unspecified atom stereocenters. The van der Waals surface area contributed by atoms with Crippen molar-refractivity contribution in [2.75, 3.05) is 19.6 Å². The molecule has 3 rings (SSSR count). The van der Waals surface area contributed by atoms with E-state index in [0.29, 0.717) is 6.54 Å². The number of nitrogens with one attached hydrogen (secondary N) is 2. The number of benzene rings is 1. The van der Waals surface area contributed by atoms with Crippen LogP contribution in [0.5, 0.6) is 0 Å². The largest absolute Gasteiger partial charge is 0.352 e. The van der Waals surface area contributed by atoms with Crippen LogP contribution in [0.4, 0.5) is 4.39 Å². The van der Waals surface area contributed by atoms with Gasteiger partial charge in [-0.2, -0.15) is 0 Å². The molecule has 0 atom stereocenters. The molecular weight excluding hydrogens is 279 g/mol. The van der Waals surface area contributed by atoms with Crippen LogP contribution in [0, 0.1) is 5.82 Å². The molecule has 1 fully saturated rings. The van der Waals surface area contributed by atoms with E-state index in [1.54, 1.807) is 6.07 Å². The van der Waals surface area contributed by atoms with E-state index in [1.807, 2.05) is 6.07 Å². The fraction of sp³-hybridized carbons (Fsp3) is 0.500. The zero-order valence-corrected chi connectivity index (χ0v) is 12.8. The summed E-state index contributed by atoms with van der Waals surface area (Å²) in [5.41, 5.74) is 1.55. The highest BCUT2D eigenvalue weighted by atomic mass is 19.1. The number of amides is 1. The maximum atomic E-state index is 13.6. The molecule has 2 N–H and O–H groups in total. The van der Waals surface area contributed by atoms with Crippen molar-refractivity contribution in [1.82, 2.24) is 10.6 Å². The van der Waals surface area contributed by atoms with Gasteiger partial charge in [-0.3, -0.25) is 4.79 Å². The Morgan fingerprint density at radius 3 is 2.82 bits per heavy atom. The average molecular weight is 302 g/mol. The first kappa shape index (κ1) is 15.2. The molecule has 0 bridgehead atoms. The number of carbonyl (C=O) groups excluding carboxylic acids is 1.